The van der Waals surface area contributed by atoms with E-state index in [-0.39, 0.29) is 6.61 Å². The summed E-state index contributed by atoms with van der Waals surface area (Å²) in [6.07, 6.45) is 0. The highest BCUT2D eigenvalue weighted by molar-refractivity contribution is 6.33. The maximum Gasteiger partial charge on any atom is 0.0788 e. The molecule has 3 N–H and O–H groups in total. The fourth-order valence-corrected chi connectivity index (χ4v) is 0.993. The van der Waals surface area contributed by atoms with Gasteiger partial charge in [-0.3, -0.25) is 10.7 Å². The highest BCUT2D eigenvalue weighted by Gasteiger charge is 1.98. The van der Waals surface area contributed by atoms with Gasteiger partial charge in [-0.15, -0.1) is 0 Å². The van der Waals surface area contributed by atoms with Crippen molar-refractivity contribution >= 4 is 17.3 Å². The summed E-state index contributed by atoms with van der Waals surface area (Å²) < 4.78 is 0. The van der Waals surface area contributed by atoms with E-state index >= 15 is 0 Å². The summed E-state index contributed by atoms with van der Waals surface area (Å²) >= 11 is 5.67. The van der Waals surface area contributed by atoms with Gasteiger partial charge >= 0.3 is 0 Å². The highest BCUT2D eigenvalue weighted by Crippen LogP contribution is 2.21. The standard InChI is InChI=1S/C7H8ClNO2/c8-6-3-5(4-10)1-2-7(6)9-11/h1-3,9-11H,4H2. The first kappa shape index (κ1) is 8.33. The molecule has 0 bridgehead atoms. The molecule has 4 heteroatoms. The number of rotatable bonds is 2. The van der Waals surface area contributed by atoms with Crippen LogP contribution in [0.1, 0.15) is 5.56 Å². The van der Waals surface area contributed by atoms with Crippen LogP contribution in [0.4, 0.5) is 5.69 Å². The molecule has 0 saturated heterocycles. The van der Waals surface area contributed by atoms with Crippen molar-refractivity contribution in [2.24, 2.45) is 0 Å². The second-order valence-electron chi connectivity index (χ2n) is 2.08. The molecule has 0 saturated carbocycles. The van der Waals surface area contributed by atoms with Gasteiger partial charge in [0.15, 0.2) is 0 Å². The van der Waals surface area contributed by atoms with E-state index < -0.39 is 0 Å². The zero-order chi connectivity index (χ0) is 8.27. The lowest BCUT2D eigenvalue weighted by molar-refractivity contribution is 0.282. The van der Waals surface area contributed by atoms with Crippen molar-refractivity contribution in [3.8, 4) is 0 Å². The van der Waals surface area contributed by atoms with Crippen molar-refractivity contribution in [2.45, 2.75) is 6.61 Å². The molecule has 1 aromatic carbocycles. The van der Waals surface area contributed by atoms with Crippen molar-refractivity contribution < 1.29 is 10.3 Å². The van der Waals surface area contributed by atoms with Crippen molar-refractivity contribution in [2.75, 3.05) is 5.48 Å². The van der Waals surface area contributed by atoms with Crippen molar-refractivity contribution in [3.05, 3.63) is 28.8 Å². The van der Waals surface area contributed by atoms with Gasteiger partial charge in [0.2, 0.25) is 0 Å². The second kappa shape index (κ2) is 3.57. The summed E-state index contributed by atoms with van der Waals surface area (Å²) in [7, 11) is 0. The molecular weight excluding hydrogens is 166 g/mol. The van der Waals surface area contributed by atoms with E-state index in [0.29, 0.717) is 16.3 Å². The Labute approximate surface area is 69.2 Å². The normalized spacial score (nSPS) is 9.73. The highest BCUT2D eigenvalue weighted by atomic mass is 35.5. The summed E-state index contributed by atoms with van der Waals surface area (Å²) in [6, 6.07) is 4.85. The average molecular weight is 174 g/mol. The van der Waals surface area contributed by atoms with Crippen molar-refractivity contribution in [3.63, 3.8) is 0 Å². The summed E-state index contributed by atoms with van der Waals surface area (Å²) in [5, 5.41) is 17.6. The smallest absolute Gasteiger partial charge is 0.0788 e. The third-order valence-electron chi connectivity index (χ3n) is 1.34. The topological polar surface area (TPSA) is 52.5 Å². The van der Waals surface area contributed by atoms with Crippen LogP contribution in [0.3, 0.4) is 0 Å². The molecule has 1 rings (SSSR count). The Bertz CT molecular complexity index is 252. The first-order chi connectivity index (χ1) is 5.27. The zero-order valence-corrected chi connectivity index (χ0v) is 6.47. The average Bonchev–Trinajstić information content (AvgIpc) is 2.04. The van der Waals surface area contributed by atoms with E-state index in [4.69, 9.17) is 21.9 Å². The fourth-order valence-electron chi connectivity index (χ4n) is 0.748. The molecule has 0 aliphatic carbocycles. The Hall–Kier alpha value is -0.770. The predicted octanol–water partition coefficient (Wildman–Crippen LogP) is 1.63. The Kier molecular flexibility index (Phi) is 2.70. The predicted molar refractivity (Wildman–Crippen MR) is 42.8 cm³/mol. The molecule has 0 unspecified atom stereocenters. The van der Waals surface area contributed by atoms with Crippen LogP contribution < -0.4 is 5.48 Å². The number of hydrogen-bond acceptors (Lipinski definition) is 3. The molecule has 0 heterocycles. The van der Waals surface area contributed by atoms with Crippen LogP contribution in [0.15, 0.2) is 18.2 Å². The minimum atomic E-state index is -0.0502. The SMILES string of the molecule is OCc1ccc(NO)c(Cl)c1. The van der Waals surface area contributed by atoms with E-state index in [0.717, 1.165) is 0 Å². The molecule has 11 heavy (non-hydrogen) atoms. The molecule has 3 nitrogen and oxygen atoms in total. The third kappa shape index (κ3) is 1.83. The van der Waals surface area contributed by atoms with Crippen LogP contribution in [0, 0.1) is 0 Å². The number of hydrogen-bond donors (Lipinski definition) is 3. The van der Waals surface area contributed by atoms with Gasteiger partial charge in [-0.25, -0.2) is 0 Å². The van der Waals surface area contributed by atoms with Crippen LogP contribution in [0.2, 0.25) is 5.02 Å². The van der Waals surface area contributed by atoms with Gasteiger partial charge in [0.1, 0.15) is 0 Å². The van der Waals surface area contributed by atoms with Crippen molar-refractivity contribution in [1.29, 1.82) is 0 Å². The molecule has 0 atom stereocenters. The van der Waals surface area contributed by atoms with Crippen LogP contribution in [0.25, 0.3) is 0 Å². The Morgan fingerprint density at radius 1 is 1.45 bits per heavy atom. The van der Waals surface area contributed by atoms with E-state index in [1.165, 1.54) is 0 Å². The largest absolute Gasteiger partial charge is 0.392 e. The number of aliphatic hydroxyl groups excluding tert-OH is 1. The molecule has 1 aromatic rings. The van der Waals surface area contributed by atoms with E-state index in [1.807, 2.05) is 5.48 Å². The van der Waals surface area contributed by atoms with Gasteiger partial charge in [0.05, 0.1) is 17.3 Å². The summed E-state index contributed by atoms with van der Waals surface area (Å²) in [5.74, 6) is 0. The lowest BCUT2D eigenvalue weighted by Gasteiger charge is -2.02. The molecule has 0 aliphatic rings. The minimum Gasteiger partial charge on any atom is -0.392 e. The van der Waals surface area contributed by atoms with Gasteiger partial charge in [0.25, 0.3) is 0 Å². The second-order valence-corrected chi connectivity index (χ2v) is 2.49. The van der Waals surface area contributed by atoms with E-state index in [1.54, 1.807) is 18.2 Å². The van der Waals surface area contributed by atoms with E-state index in [9.17, 15) is 0 Å². The molecule has 0 aromatic heterocycles. The van der Waals surface area contributed by atoms with Crippen LogP contribution in [0.5, 0.6) is 0 Å². The van der Waals surface area contributed by atoms with Gasteiger partial charge in [-0.2, -0.15) is 0 Å². The van der Waals surface area contributed by atoms with Gasteiger partial charge in [0, 0.05) is 0 Å². The number of anilines is 1. The zero-order valence-electron chi connectivity index (χ0n) is 5.71. The Morgan fingerprint density at radius 2 is 2.18 bits per heavy atom. The monoisotopic (exact) mass is 173 g/mol. The van der Waals surface area contributed by atoms with Crippen LogP contribution in [-0.4, -0.2) is 10.3 Å². The lowest BCUT2D eigenvalue weighted by Crippen LogP contribution is -1.91. The van der Waals surface area contributed by atoms with Gasteiger partial charge in [-0.1, -0.05) is 17.7 Å². The lowest BCUT2D eigenvalue weighted by atomic mass is 10.2. The quantitative estimate of drug-likeness (QED) is 0.596. The molecule has 60 valence electrons. The first-order valence-electron chi connectivity index (χ1n) is 3.07. The number of aliphatic hydroxyl groups is 1. The number of nitrogens with one attached hydrogen (secondary N) is 1. The molecule has 0 amide bonds. The molecule has 0 fully saturated rings. The van der Waals surface area contributed by atoms with Crippen LogP contribution in [-0.2, 0) is 6.61 Å². The number of halogens is 1. The molecule has 0 spiro atoms. The van der Waals surface area contributed by atoms with Crippen LogP contribution >= 0.6 is 11.6 Å². The van der Waals surface area contributed by atoms with Crippen molar-refractivity contribution in [1.82, 2.24) is 0 Å². The third-order valence-corrected chi connectivity index (χ3v) is 1.65. The summed E-state index contributed by atoms with van der Waals surface area (Å²) in [6.45, 7) is -0.0502. The first-order valence-corrected chi connectivity index (χ1v) is 3.45. The molecular formula is C7H8ClNO2. The maximum absolute atomic E-state index is 8.68. The minimum absolute atomic E-state index is 0.0502. The molecule has 0 radical (unpaired) electrons. The maximum atomic E-state index is 8.68. The molecule has 0 aliphatic heterocycles. The summed E-state index contributed by atoms with van der Waals surface area (Å²) in [5.41, 5.74) is 3.08. The van der Waals surface area contributed by atoms with Gasteiger partial charge < -0.3 is 5.11 Å². The van der Waals surface area contributed by atoms with Gasteiger partial charge in [-0.05, 0) is 17.7 Å². The Balaban J connectivity index is 2.99. The number of benzene rings is 1. The van der Waals surface area contributed by atoms with E-state index in [2.05, 4.69) is 0 Å². The fraction of sp³-hybridized carbons (Fsp3) is 0.143. The Morgan fingerprint density at radius 3 is 2.64 bits per heavy atom. The summed E-state index contributed by atoms with van der Waals surface area (Å²) in [4.78, 5) is 0.